The number of carbonyl (C=O) groups excluding carboxylic acids is 2. The summed E-state index contributed by atoms with van der Waals surface area (Å²) in [5.74, 6) is -5.51. The zero-order valence-electron chi connectivity index (χ0n) is 19.8. The molecule has 0 saturated carbocycles. The lowest BCUT2D eigenvalue weighted by Gasteiger charge is -2.14. The van der Waals surface area contributed by atoms with Gasteiger partial charge in [0.1, 0.15) is 17.2 Å². The summed E-state index contributed by atoms with van der Waals surface area (Å²) in [5, 5.41) is 0. The molecule has 0 amide bonds. The summed E-state index contributed by atoms with van der Waals surface area (Å²) in [5.41, 5.74) is 2.57. The van der Waals surface area contributed by atoms with Gasteiger partial charge in [0.2, 0.25) is 11.6 Å². The highest BCUT2D eigenvalue weighted by atomic mass is 19.3. The van der Waals surface area contributed by atoms with Crippen LogP contribution in [0.3, 0.4) is 0 Å². The topological polar surface area (TPSA) is 52.6 Å². The number of carbonyl (C=O) groups is 2. The summed E-state index contributed by atoms with van der Waals surface area (Å²) in [4.78, 5) is 24.7. The molecular formula is C30H24F2O4. The monoisotopic (exact) mass is 486 g/mol. The average Bonchev–Trinajstić information content (AvgIpc) is 2.90. The molecule has 0 saturated heterocycles. The third-order valence-electron chi connectivity index (χ3n) is 5.73. The van der Waals surface area contributed by atoms with Gasteiger partial charge in [-0.1, -0.05) is 54.1 Å². The summed E-state index contributed by atoms with van der Waals surface area (Å²) in [7, 11) is 1.63. The van der Waals surface area contributed by atoms with Gasteiger partial charge in [0, 0.05) is 11.1 Å². The van der Waals surface area contributed by atoms with Crippen LogP contribution in [0.1, 0.15) is 37.4 Å². The van der Waals surface area contributed by atoms with E-state index >= 15 is 0 Å². The molecule has 0 heterocycles. The molecule has 0 N–H and O–H groups in total. The smallest absolute Gasteiger partial charge is 0.371 e. The number of hydrogen-bond acceptors (Lipinski definition) is 4. The zero-order chi connectivity index (χ0) is 25.7. The van der Waals surface area contributed by atoms with Crippen molar-refractivity contribution >= 4 is 11.6 Å². The quantitative estimate of drug-likeness (QED) is 0.187. The molecule has 4 rings (SSSR count). The second-order valence-corrected chi connectivity index (χ2v) is 8.39. The van der Waals surface area contributed by atoms with E-state index in [-0.39, 0.29) is 11.1 Å². The van der Waals surface area contributed by atoms with Gasteiger partial charge in [0.25, 0.3) is 0 Å². The molecule has 0 aromatic heterocycles. The van der Waals surface area contributed by atoms with Crippen LogP contribution in [0.5, 0.6) is 17.2 Å². The maximum Gasteiger partial charge on any atom is 0.371 e. The van der Waals surface area contributed by atoms with E-state index in [1.54, 1.807) is 26.2 Å². The van der Waals surface area contributed by atoms with Crippen molar-refractivity contribution in [1.29, 1.82) is 0 Å². The van der Waals surface area contributed by atoms with Crippen molar-refractivity contribution in [2.75, 3.05) is 7.11 Å². The van der Waals surface area contributed by atoms with Crippen LogP contribution in [0.4, 0.5) is 8.78 Å². The van der Waals surface area contributed by atoms with E-state index in [1.165, 1.54) is 36.4 Å². The molecule has 0 unspecified atom stereocenters. The van der Waals surface area contributed by atoms with E-state index in [9.17, 15) is 18.4 Å². The molecule has 4 aromatic carbocycles. The summed E-state index contributed by atoms with van der Waals surface area (Å²) in [6.45, 7) is 1.78. The van der Waals surface area contributed by atoms with Crippen LogP contribution >= 0.6 is 0 Å². The van der Waals surface area contributed by atoms with Gasteiger partial charge in [0.05, 0.1) is 7.11 Å². The predicted molar refractivity (Wildman–Crippen MR) is 134 cm³/mol. The van der Waals surface area contributed by atoms with Gasteiger partial charge in [-0.15, -0.1) is 0 Å². The molecule has 36 heavy (non-hydrogen) atoms. The molecule has 0 fully saturated rings. The number of ketones is 2. The highest BCUT2D eigenvalue weighted by Gasteiger charge is 2.47. The van der Waals surface area contributed by atoms with E-state index in [0.717, 1.165) is 28.9 Å². The largest absolute Gasteiger partial charge is 0.497 e. The van der Waals surface area contributed by atoms with Gasteiger partial charge in [-0.3, -0.25) is 9.59 Å². The minimum atomic E-state index is -4.17. The zero-order valence-corrected chi connectivity index (χ0v) is 19.8. The van der Waals surface area contributed by atoms with Gasteiger partial charge in [-0.25, -0.2) is 0 Å². The molecule has 6 heteroatoms. The molecule has 4 nitrogen and oxygen atoms in total. The number of ether oxygens (including phenoxy) is 2. The highest BCUT2D eigenvalue weighted by Crippen LogP contribution is 2.28. The Labute approximate surface area is 208 Å². The molecule has 182 valence electrons. The Hall–Kier alpha value is -4.32. The molecule has 0 aliphatic carbocycles. The van der Waals surface area contributed by atoms with Crippen LogP contribution in [-0.4, -0.2) is 24.6 Å². The SMILES string of the molecule is COc1ccc(Cc2ccc(Oc3ccc(C(=O)C(F)(F)C(=O)c4ccc(C)cc4)cc3)cc2)cc1. The van der Waals surface area contributed by atoms with E-state index < -0.39 is 17.5 Å². The van der Waals surface area contributed by atoms with Crippen molar-refractivity contribution < 1.29 is 27.8 Å². The normalized spacial score (nSPS) is 11.1. The van der Waals surface area contributed by atoms with Crippen molar-refractivity contribution in [3.8, 4) is 17.2 Å². The van der Waals surface area contributed by atoms with Crippen LogP contribution in [0.25, 0.3) is 0 Å². The maximum absolute atomic E-state index is 14.6. The first-order valence-electron chi connectivity index (χ1n) is 11.3. The Morgan fingerprint density at radius 2 is 1.03 bits per heavy atom. The molecule has 0 spiro atoms. The Bertz CT molecular complexity index is 1340. The van der Waals surface area contributed by atoms with Crippen molar-refractivity contribution in [2.24, 2.45) is 0 Å². The Morgan fingerprint density at radius 1 is 0.639 bits per heavy atom. The van der Waals surface area contributed by atoms with Crippen LogP contribution in [0, 0.1) is 6.92 Å². The third-order valence-corrected chi connectivity index (χ3v) is 5.73. The van der Waals surface area contributed by atoms with E-state index in [1.807, 2.05) is 48.5 Å². The second kappa shape index (κ2) is 10.5. The van der Waals surface area contributed by atoms with Gasteiger partial charge in [-0.05, 0) is 73.0 Å². The maximum atomic E-state index is 14.6. The number of aryl methyl sites for hydroxylation is 1. The van der Waals surface area contributed by atoms with Crippen LogP contribution in [0.2, 0.25) is 0 Å². The van der Waals surface area contributed by atoms with Gasteiger partial charge in [0.15, 0.2) is 0 Å². The number of hydrogen-bond donors (Lipinski definition) is 0. The minimum absolute atomic E-state index is 0.214. The summed E-state index contributed by atoms with van der Waals surface area (Å²) in [6.07, 6.45) is 0.747. The summed E-state index contributed by atoms with van der Waals surface area (Å²) >= 11 is 0. The van der Waals surface area contributed by atoms with Crippen molar-refractivity contribution in [3.63, 3.8) is 0 Å². The van der Waals surface area contributed by atoms with Crippen molar-refractivity contribution in [2.45, 2.75) is 19.3 Å². The predicted octanol–water partition coefficient (Wildman–Crippen LogP) is 7.09. The molecule has 0 atom stereocenters. The second-order valence-electron chi connectivity index (χ2n) is 8.39. The lowest BCUT2D eigenvalue weighted by Crippen LogP contribution is -2.38. The average molecular weight is 487 g/mol. The van der Waals surface area contributed by atoms with Gasteiger partial charge < -0.3 is 9.47 Å². The first kappa shape index (κ1) is 24.8. The Balaban J connectivity index is 1.39. The fourth-order valence-corrected chi connectivity index (χ4v) is 3.64. The minimum Gasteiger partial charge on any atom is -0.497 e. The number of methoxy groups -OCH3 is 1. The first-order valence-corrected chi connectivity index (χ1v) is 11.3. The molecule has 0 aliphatic heterocycles. The van der Waals surface area contributed by atoms with Gasteiger partial charge >= 0.3 is 5.92 Å². The van der Waals surface area contributed by atoms with E-state index in [2.05, 4.69) is 0 Å². The van der Waals surface area contributed by atoms with E-state index in [4.69, 9.17) is 9.47 Å². The molecular weight excluding hydrogens is 462 g/mol. The number of alkyl halides is 2. The standard InChI is InChI=1S/C30H24F2O4/c1-20-3-9-23(10-4-20)28(33)30(31,32)29(34)24-11-17-27(18-12-24)36-26-15-7-22(8-16-26)19-21-5-13-25(35-2)14-6-21/h3-18H,19H2,1-2H3. The Kier molecular flexibility index (Phi) is 7.25. The molecule has 0 radical (unpaired) electrons. The van der Waals surface area contributed by atoms with Crippen molar-refractivity contribution in [1.82, 2.24) is 0 Å². The molecule has 4 aromatic rings. The molecule has 0 bridgehead atoms. The van der Waals surface area contributed by atoms with Crippen LogP contribution in [0.15, 0.2) is 97.1 Å². The molecule has 0 aliphatic rings. The fourth-order valence-electron chi connectivity index (χ4n) is 3.64. The lowest BCUT2D eigenvalue weighted by molar-refractivity contribution is 0.0147. The van der Waals surface area contributed by atoms with Crippen LogP contribution < -0.4 is 9.47 Å². The number of rotatable bonds is 9. The van der Waals surface area contributed by atoms with Gasteiger partial charge in [-0.2, -0.15) is 8.78 Å². The number of benzene rings is 4. The first-order chi connectivity index (χ1) is 17.3. The number of Topliss-reactive ketones (excluding diaryl/α,β-unsaturated/α-hetero) is 2. The van der Waals surface area contributed by atoms with E-state index in [0.29, 0.717) is 11.5 Å². The van der Waals surface area contributed by atoms with Crippen LogP contribution in [-0.2, 0) is 6.42 Å². The fraction of sp³-hybridized carbons (Fsp3) is 0.133. The highest BCUT2D eigenvalue weighted by molar-refractivity contribution is 6.21. The summed E-state index contributed by atoms with van der Waals surface area (Å²) in [6, 6.07) is 26.3. The Morgan fingerprint density at radius 3 is 1.47 bits per heavy atom. The summed E-state index contributed by atoms with van der Waals surface area (Å²) < 4.78 is 40.2. The lowest BCUT2D eigenvalue weighted by atomic mass is 9.97. The van der Waals surface area contributed by atoms with Crippen molar-refractivity contribution in [3.05, 3.63) is 125 Å². The number of halogens is 2. The third kappa shape index (κ3) is 5.66.